The van der Waals surface area contributed by atoms with Crippen molar-refractivity contribution in [2.75, 3.05) is 12.4 Å². The molecule has 0 unspecified atom stereocenters. The quantitative estimate of drug-likeness (QED) is 0.242. The van der Waals surface area contributed by atoms with Crippen molar-refractivity contribution in [2.45, 2.75) is 0 Å². The number of benzene rings is 1. The molecular formula is C19H15FN6O6. The van der Waals surface area contributed by atoms with Gasteiger partial charge in [0.05, 0.1) is 17.6 Å². The van der Waals surface area contributed by atoms with Gasteiger partial charge in [0.1, 0.15) is 17.8 Å². The zero-order valence-electron chi connectivity index (χ0n) is 16.6. The number of carboxylic acid groups (broad SMARTS) is 1. The lowest BCUT2D eigenvalue weighted by Crippen LogP contribution is -2.11. The second-order valence-corrected chi connectivity index (χ2v) is 6.27. The fraction of sp³-hybridized carbons (Fsp3) is 0.105. The van der Waals surface area contributed by atoms with E-state index in [1.165, 1.54) is 36.3 Å². The number of halogens is 1. The molecule has 32 heavy (non-hydrogen) atoms. The molecule has 2 N–H and O–H groups in total. The van der Waals surface area contributed by atoms with Gasteiger partial charge in [-0.05, 0) is 29.8 Å². The van der Waals surface area contributed by atoms with Crippen molar-refractivity contribution >= 4 is 29.5 Å². The van der Waals surface area contributed by atoms with E-state index in [1.54, 1.807) is 7.05 Å². The van der Waals surface area contributed by atoms with Gasteiger partial charge < -0.3 is 9.84 Å². The predicted molar refractivity (Wildman–Crippen MR) is 109 cm³/mol. The van der Waals surface area contributed by atoms with Crippen molar-refractivity contribution in [1.82, 2.24) is 19.7 Å². The molecule has 12 nitrogen and oxygen atoms in total. The number of aryl methyl sites for hydroxylation is 1. The van der Waals surface area contributed by atoms with Crippen LogP contribution in [-0.4, -0.2) is 48.8 Å². The lowest BCUT2D eigenvalue weighted by Gasteiger charge is -2.08. The largest absolute Gasteiger partial charge is 0.490 e. The average Bonchev–Trinajstić information content (AvgIpc) is 3.18. The van der Waals surface area contributed by atoms with Crippen LogP contribution in [0.25, 0.3) is 17.5 Å². The highest BCUT2D eigenvalue weighted by Crippen LogP contribution is 2.38. The van der Waals surface area contributed by atoms with Gasteiger partial charge in [0.2, 0.25) is 11.5 Å². The van der Waals surface area contributed by atoms with Crippen molar-refractivity contribution in [3.63, 3.8) is 0 Å². The molecule has 0 fully saturated rings. The van der Waals surface area contributed by atoms with Gasteiger partial charge in [-0.1, -0.05) is 6.08 Å². The van der Waals surface area contributed by atoms with Gasteiger partial charge in [-0.3, -0.25) is 24.9 Å². The summed E-state index contributed by atoms with van der Waals surface area (Å²) in [5.41, 5.74) is -0.580. The molecule has 0 aliphatic carbocycles. The van der Waals surface area contributed by atoms with Crippen LogP contribution in [0.4, 0.5) is 20.7 Å². The third-order valence-electron chi connectivity index (χ3n) is 4.07. The number of carbonyl (C=O) groups is 2. The number of rotatable bonds is 7. The van der Waals surface area contributed by atoms with Gasteiger partial charge in [-0.25, -0.2) is 19.2 Å². The van der Waals surface area contributed by atoms with E-state index in [4.69, 9.17) is 9.84 Å². The smallest absolute Gasteiger partial charge is 0.410 e. The molecular weight excluding hydrogens is 427 g/mol. The molecule has 2 heterocycles. The summed E-state index contributed by atoms with van der Waals surface area (Å²) >= 11 is 0. The number of nitrogens with zero attached hydrogens (tertiary/aromatic N) is 5. The maximum Gasteiger partial charge on any atom is 0.410 e. The third kappa shape index (κ3) is 4.72. The second kappa shape index (κ2) is 8.99. The van der Waals surface area contributed by atoms with Crippen LogP contribution >= 0.6 is 0 Å². The van der Waals surface area contributed by atoms with Crippen LogP contribution < -0.4 is 10.1 Å². The number of pyridine rings is 1. The fourth-order valence-electron chi connectivity index (χ4n) is 2.76. The summed E-state index contributed by atoms with van der Waals surface area (Å²) in [6.07, 6.45) is 2.15. The number of anilines is 1. The van der Waals surface area contributed by atoms with Crippen molar-refractivity contribution in [3.8, 4) is 17.1 Å². The Balaban J connectivity index is 2.01. The molecule has 3 aromatic rings. The van der Waals surface area contributed by atoms with Crippen LogP contribution in [0.2, 0.25) is 0 Å². The predicted octanol–water partition coefficient (Wildman–Crippen LogP) is 2.92. The van der Waals surface area contributed by atoms with Crippen LogP contribution in [0.3, 0.4) is 0 Å². The van der Waals surface area contributed by atoms with Gasteiger partial charge in [-0.15, -0.1) is 0 Å². The lowest BCUT2D eigenvalue weighted by molar-refractivity contribution is -0.385. The molecule has 0 aliphatic rings. The van der Waals surface area contributed by atoms with E-state index in [9.17, 15) is 24.1 Å². The molecule has 0 atom stereocenters. The number of nitrogens with one attached hydrogen (secondary N) is 1. The first-order valence-electron chi connectivity index (χ1n) is 8.81. The molecule has 0 spiro atoms. The van der Waals surface area contributed by atoms with E-state index in [0.717, 1.165) is 18.2 Å². The van der Waals surface area contributed by atoms with Gasteiger partial charge in [0.25, 0.3) is 0 Å². The van der Waals surface area contributed by atoms with E-state index in [2.05, 4.69) is 15.1 Å². The van der Waals surface area contributed by atoms with Crippen molar-refractivity contribution in [3.05, 3.63) is 63.9 Å². The van der Waals surface area contributed by atoms with E-state index in [-0.39, 0.29) is 34.2 Å². The molecule has 13 heteroatoms. The minimum atomic E-state index is -1.43. The minimum Gasteiger partial charge on any atom is -0.490 e. The van der Waals surface area contributed by atoms with Gasteiger partial charge in [0, 0.05) is 13.1 Å². The Bertz CT molecular complexity index is 1260. The lowest BCUT2D eigenvalue weighted by atomic mass is 10.1. The topological polar surface area (TPSA) is 162 Å². The second-order valence-electron chi connectivity index (χ2n) is 6.27. The van der Waals surface area contributed by atoms with Crippen LogP contribution in [-0.2, 0) is 7.05 Å². The first-order valence-corrected chi connectivity index (χ1v) is 8.81. The highest BCUT2D eigenvalue weighted by molar-refractivity contribution is 6.06. The normalized spacial score (nSPS) is 10.8. The summed E-state index contributed by atoms with van der Waals surface area (Å²) in [6.45, 7) is 0. The molecule has 1 amide bonds. The van der Waals surface area contributed by atoms with Gasteiger partial charge in [-0.2, -0.15) is 5.10 Å². The third-order valence-corrected chi connectivity index (χ3v) is 4.07. The zero-order chi connectivity index (χ0) is 23.4. The number of ketones is 1. The number of methoxy groups -OCH3 is 1. The van der Waals surface area contributed by atoms with Crippen LogP contribution in [0.1, 0.15) is 16.1 Å². The Kier molecular flexibility index (Phi) is 6.19. The number of amides is 1. The maximum atomic E-state index is 14.0. The number of carbonyl (C=O) groups excluding carboxylic acids is 1. The number of hydrogen-bond acceptors (Lipinski definition) is 8. The maximum absolute atomic E-state index is 14.0. The zero-order valence-corrected chi connectivity index (χ0v) is 16.6. The van der Waals surface area contributed by atoms with E-state index in [1.807, 2.05) is 5.32 Å². The number of ether oxygens (including phenoxy) is 1. The number of nitro groups is 1. The summed E-state index contributed by atoms with van der Waals surface area (Å²) in [5, 5.41) is 26.3. The first kappa shape index (κ1) is 22.0. The summed E-state index contributed by atoms with van der Waals surface area (Å²) in [6, 6.07) is 4.59. The standard InChI is InChI=1S/C19H15FN6O6/c1-25-9-21-18(24-25)11-7-10(8-13(26(30)31)17(11)32-2)3-5-14(27)16-12(20)4-6-15(22-16)23-19(28)29/h3-9H,1-2H3,(H,22,23)(H,28,29). The number of aromatic nitrogens is 4. The first-order chi connectivity index (χ1) is 15.2. The Labute approximate surface area is 179 Å². The number of hydrogen-bond donors (Lipinski definition) is 2. The van der Waals surface area contributed by atoms with E-state index in [0.29, 0.717) is 0 Å². The average molecular weight is 442 g/mol. The summed E-state index contributed by atoms with van der Waals surface area (Å²) in [4.78, 5) is 41.7. The Morgan fingerprint density at radius 3 is 2.69 bits per heavy atom. The number of nitro benzene ring substituents is 1. The Hall–Kier alpha value is -4.68. The molecule has 0 saturated carbocycles. The van der Waals surface area contributed by atoms with Crippen molar-refractivity contribution < 1.29 is 28.7 Å². The molecule has 1 aromatic carbocycles. The molecule has 0 radical (unpaired) electrons. The van der Waals surface area contributed by atoms with Gasteiger partial charge in [0.15, 0.2) is 11.6 Å². The van der Waals surface area contributed by atoms with Crippen LogP contribution in [0, 0.1) is 15.9 Å². The molecule has 164 valence electrons. The minimum absolute atomic E-state index is 0.0650. The molecule has 3 rings (SSSR count). The highest BCUT2D eigenvalue weighted by atomic mass is 19.1. The van der Waals surface area contributed by atoms with Crippen molar-refractivity contribution in [2.24, 2.45) is 7.05 Å². The SMILES string of the molecule is COc1c(-c2ncn(C)n2)cc(C=CC(=O)c2nc(NC(=O)O)ccc2F)cc1[N+](=O)[O-]. The van der Waals surface area contributed by atoms with E-state index >= 15 is 0 Å². The molecule has 0 bridgehead atoms. The Morgan fingerprint density at radius 1 is 1.34 bits per heavy atom. The van der Waals surface area contributed by atoms with E-state index < -0.39 is 28.3 Å². The van der Waals surface area contributed by atoms with Crippen LogP contribution in [0.15, 0.2) is 36.7 Å². The van der Waals surface area contributed by atoms with Gasteiger partial charge >= 0.3 is 11.8 Å². The monoisotopic (exact) mass is 442 g/mol. The fourth-order valence-corrected chi connectivity index (χ4v) is 2.76. The Morgan fingerprint density at radius 2 is 2.09 bits per heavy atom. The molecule has 0 saturated heterocycles. The molecule has 2 aromatic heterocycles. The summed E-state index contributed by atoms with van der Waals surface area (Å²) < 4.78 is 20.6. The highest BCUT2D eigenvalue weighted by Gasteiger charge is 2.23. The van der Waals surface area contributed by atoms with Crippen molar-refractivity contribution in [1.29, 1.82) is 0 Å². The molecule has 0 aliphatic heterocycles. The summed E-state index contributed by atoms with van der Waals surface area (Å²) in [7, 11) is 2.88. The summed E-state index contributed by atoms with van der Waals surface area (Å²) in [5.74, 6) is -1.99. The van der Waals surface area contributed by atoms with Crippen LogP contribution in [0.5, 0.6) is 5.75 Å². The number of allylic oxidation sites excluding steroid dienone is 1.